The third-order valence-electron chi connectivity index (χ3n) is 6.73. The Morgan fingerprint density at radius 3 is 2.67 bits per heavy atom. The summed E-state index contributed by atoms with van der Waals surface area (Å²) in [5.41, 5.74) is 12.0. The van der Waals surface area contributed by atoms with Crippen molar-refractivity contribution >= 4 is 22.4 Å². The number of aromatic amines is 1. The van der Waals surface area contributed by atoms with Crippen LogP contribution in [0.15, 0.2) is 79.4 Å². The van der Waals surface area contributed by atoms with E-state index < -0.39 is 5.82 Å². The van der Waals surface area contributed by atoms with Gasteiger partial charge in [-0.05, 0) is 60.7 Å². The van der Waals surface area contributed by atoms with E-state index in [1.165, 1.54) is 18.5 Å². The van der Waals surface area contributed by atoms with Gasteiger partial charge in [-0.3, -0.25) is 4.98 Å². The first-order valence-electron chi connectivity index (χ1n) is 12.1. The van der Waals surface area contributed by atoms with E-state index in [-0.39, 0.29) is 17.7 Å². The van der Waals surface area contributed by atoms with E-state index in [1.807, 2.05) is 49.5 Å². The fourth-order valence-electron chi connectivity index (χ4n) is 4.98. The molecular formula is C27H20FN11. The molecule has 11 nitrogen and oxygen atoms in total. The number of hydrogen-bond acceptors (Lipinski definition) is 8. The van der Waals surface area contributed by atoms with Crippen LogP contribution in [-0.2, 0) is 0 Å². The number of H-pyrrole nitrogens is 1. The average molecular weight is 518 g/mol. The van der Waals surface area contributed by atoms with Crippen molar-refractivity contribution in [2.45, 2.75) is 13.0 Å². The van der Waals surface area contributed by atoms with Gasteiger partial charge in [0.05, 0.1) is 22.8 Å². The summed E-state index contributed by atoms with van der Waals surface area (Å²) in [4.78, 5) is 13.4. The van der Waals surface area contributed by atoms with Crippen LogP contribution in [0.3, 0.4) is 0 Å². The van der Waals surface area contributed by atoms with Crippen LogP contribution in [0.25, 0.3) is 50.6 Å². The van der Waals surface area contributed by atoms with Crippen molar-refractivity contribution in [3.63, 3.8) is 0 Å². The monoisotopic (exact) mass is 517 g/mol. The molecule has 190 valence electrons. The van der Waals surface area contributed by atoms with Gasteiger partial charge in [0.1, 0.15) is 23.7 Å². The Morgan fingerprint density at radius 2 is 1.85 bits per heavy atom. The number of aromatic nitrogens is 10. The molecule has 7 rings (SSSR count). The first-order valence-corrected chi connectivity index (χ1v) is 12.1. The molecule has 7 aromatic rings. The number of pyridine rings is 2. The molecule has 0 fully saturated rings. The van der Waals surface area contributed by atoms with E-state index in [1.54, 1.807) is 16.9 Å². The number of benzene rings is 1. The zero-order valence-corrected chi connectivity index (χ0v) is 20.6. The summed E-state index contributed by atoms with van der Waals surface area (Å²) >= 11 is 0. The van der Waals surface area contributed by atoms with Crippen molar-refractivity contribution < 1.29 is 4.39 Å². The molecular weight excluding hydrogens is 497 g/mol. The van der Waals surface area contributed by atoms with Gasteiger partial charge < -0.3 is 10.1 Å². The van der Waals surface area contributed by atoms with E-state index in [2.05, 4.69) is 46.0 Å². The highest BCUT2D eigenvalue weighted by atomic mass is 19.1. The van der Waals surface area contributed by atoms with E-state index in [4.69, 9.17) is 10.8 Å². The second-order valence-corrected chi connectivity index (χ2v) is 9.05. The summed E-state index contributed by atoms with van der Waals surface area (Å²) in [6, 6.07) is 18.1. The van der Waals surface area contributed by atoms with Gasteiger partial charge in [-0.25, -0.2) is 19.0 Å². The maximum atomic E-state index is 14.8. The molecule has 1 unspecified atom stereocenters. The molecule has 6 aromatic heterocycles. The fourth-order valence-corrected chi connectivity index (χ4v) is 4.98. The number of nitrogens with two attached hydrogens (primary N) is 1. The summed E-state index contributed by atoms with van der Waals surface area (Å²) in [5, 5.41) is 19.4. The van der Waals surface area contributed by atoms with Crippen LogP contribution in [0, 0.1) is 5.82 Å². The standard InChI is InChI=1S/C27H20FN11/c1-15(20-13-19-6-3-5-9-38(19)24(20)21-7-2-4-8-30-21)39-27-22(25(29)31-14-32-27)23(35-39)16-10-17(12-18(28)11-16)26-33-36-37-34-26/h2-15H,1H3,(H2,29,31,32)(H,33,34,36,37). The molecule has 0 aliphatic heterocycles. The van der Waals surface area contributed by atoms with Crippen LogP contribution in [0.2, 0.25) is 0 Å². The van der Waals surface area contributed by atoms with Gasteiger partial charge >= 0.3 is 0 Å². The fraction of sp³-hybridized carbons (Fsp3) is 0.0741. The molecule has 0 radical (unpaired) electrons. The molecule has 12 heteroatoms. The quantitative estimate of drug-likeness (QED) is 0.344. The highest BCUT2D eigenvalue weighted by Crippen LogP contribution is 2.37. The highest BCUT2D eigenvalue weighted by Gasteiger charge is 2.25. The lowest BCUT2D eigenvalue weighted by Gasteiger charge is -2.15. The zero-order valence-electron chi connectivity index (χ0n) is 20.6. The number of hydrogen-bond donors (Lipinski definition) is 2. The van der Waals surface area contributed by atoms with Gasteiger partial charge in [-0.2, -0.15) is 10.3 Å². The number of anilines is 1. The third kappa shape index (κ3) is 3.69. The normalized spacial score (nSPS) is 12.4. The Labute approximate surface area is 220 Å². The molecule has 0 aliphatic carbocycles. The molecule has 0 saturated heterocycles. The summed E-state index contributed by atoms with van der Waals surface area (Å²) in [6.45, 7) is 2.03. The molecule has 3 N–H and O–H groups in total. The van der Waals surface area contributed by atoms with Crippen molar-refractivity contribution in [1.29, 1.82) is 0 Å². The smallest absolute Gasteiger partial charge is 0.204 e. The minimum absolute atomic E-state index is 0.241. The topological polar surface area (TPSA) is 141 Å². The Hall–Kier alpha value is -5.52. The van der Waals surface area contributed by atoms with Crippen LogP contribution in [-0.4, -0.2) is 49.8 Å². The van der Waals surface area contributed by atoms with Crippen molar-refractivity contribution in [2.24, 2.45) is 0 Å². The van der Waals surface area contributed by atoms with Gasteiger partial charge in [0.25, 0.3) is 0 Å². The van der Waals surface area contributed by atoms with E-state index in [0.29, 0.717) is 27.9 Å². The molecule has 0 saturated carbocycles. The summed E-state index contributed by atoms with van der Waals surface area (Å²) < 4.78 is 18.7. The van der Waals surface area contributed by atoms with Crippen LogP contribution in [0.1, 0.15) is 18.5 Å². The largest absolute Gasteiger partial charge is 0.383 e. The predicted octanol–water partition coefficient (Wildman–Crippen LogP) is 4.32. The number of fused-ring (bicyclic) bond motifs is 2. The Morgan fingerprint density at radius 1 is 0.974 bits per heavy atom. The van der Waals surface area contributed by atoms with Gasteiger partial charge in [-0.15, -0.1) is 10.2 Å². The highest BCUT2D eigenvalue weighted by molar-refractivity contribution is 5.98. The first-order chi connectivity index (χ1) is 19.1. The lowest BCUT2D eigenvalue weighted by molar-refractivity contribution is 0.582. The zero-order chi connectivity index (χ0) is 26.5. The van der Waals surface area contributed by atoms with Crippen molar-refractivity contribution in [1.82, 2.24) is 49.8 Å². The summed E-state index contributed by atoms with van der Waals surface area (Å²) in [5.74, 6) is 0.0259. The number of rotatable bonds is 5. The van der Waals surface area contributed by atoms with Gasteiger partial charge in [-0.1, -0.05) is 12.1 Å². The molecule has 1 aromatic carbocycles. The molecule has 0 spiro atoms. The molecule has 0 bridgehead atoms. The molecule has 0 aliphatic rings. The predicted molar refractivity (Wildman–Crippen MR) is 143 cm³/mol. The van der Waals surface area contributed by atoms with Crippen LogP contribution in [0.4, 0.5) is 10.2 Å². The van der Waals surface area contributed by atoms with E-state index in [0.717, 1.165) is 22.5 Å². The van der Waals surface area contributed by atoms with Gasteiger partial charge in [0.2, 0.25) is 5.82 Å². The summed E-state index contributed by atoms with van der Waals surface area (Å²) in [6.07, 6.45) is 5.18. The third-order valence-corrected chi connectivity index (χ3v) is 6.73. The Bertz CT molecular complexity index is 1960. The lowest BCUT2D eigenvalue weighted by atomic mass is 10.1. The van der Waals surface area contributed by atoms with Crippen LogP contribution < -0.4 is 5.73 Å². The Balaban J connectivity index is 1.45. The molecule has 39 heavy (non-hydrogen) atoms. The SMILES string of the molecule is CC(c1cc2ccccn2c1-c1ccccn1)n1nc(-c2cc(F)cc(-c3nn[nH]n3)c2)c2c(N)ncnc21. The first kappa shape index (κ1) is 22.7. The minimum Gasteiger partial charge on any atom is -0.383 e. The van der Waals surface area contributed by atoms with Gasteiger partial charge in [0, 0.05) is 34.6 Å². The second-order valence-electron chi connectivity index (χ2n) is 9.05. The Kier molecular flexibility index (Phi) is 5.11. The number of nitrogens with zero attached hydrogens (tertiary/aromatic N) is 9. The number of halogens is 1. The maximum absolute atomic E-state index is 14.8. The lowest BCUT2D eigenvalue weighted by Crippen LogP contribution is -2.10. The van der Waals surface area contributed by atoms with Crippen molar-refractivity contribution in [2.75, 3.05) is 5.73 Å². The van der Waals surface area contributed by atoms with E-state index in [9.17, 15) is 4.39 Å². The maximum Gasteiger partial charge on any atom is 0.204 e. The molecule has 0 amide bonds. The number of tetrazole rings is 1. The van der Waals surface area contributed by atoms with Gasteiger partial charge in [0.15, 0.2) is 5.65 Å². The summed E-state index contributed by atoms with van der Waals surface area (Å²) in [7, 11) is 0. The van der Waals surface area contributed by atoms with Crippen molar-refractivity contribution in [3.05, 3.63) is 90.8 Å². The second kappa shape index (κ2) is 8.80. The van der Waals surface area contributed by atoms with Crippen LogP contribution in [0.5, 0.6) is 0 Å². The molecule has 6 heterocycles. The van der Waals surface area contributed by atoms with Crippen molar-refractivity contribution in [3.8, 4) is 34.0 Å². The molecule has 1 atom stereocenters. The van der Waals surface area contributed by atoms with Crippen LogP contribution >= 0.6 is 0 Å². The number of nitrogen functional groups attached to an aromatic ring is 1. The average Bonchev–Trinajstić information content (AvgIpc) is 3.71. The minimum atomic E-state index is -0.477. The van der Waals surface area contributed by atoms with E-state index >= 15 is 0 Å². The number of nitrogens with one attached hydrogen (secondary N) is 1.